The molecule has 0 bridgehead atoms. The van der Waals surface area contributed by atoms with Gasteiger partial charge in [0.2, 0.25) is 0 Å². The van der Waals surface area contributed by atoms with E-state index < -0.39 is 17.2 Å². The van der Waals surface area contributed by atoms with Crippen molar-refractivity contribution < 1.29 is 28.5 Å². The van der Waals surface area contributed by atoms with Crippen LogP contribution in [0.3, 0.4) is 0 Å². The minimum absolute atomic E-state index is 0.0552. The summed E-state index contributed by atoms with van der Waals surface area (Å²) in [5, 5.41) is 20.6. The van der Waals surface area contributed by atoms with Gasteiger partial charge in [-0.3, -0.25) is 4.79 Å². The van der Waals surface area contributed by atoms with Crippen molar-refractivity contribution in [2.75, 3.05) is 6.61 Å². The molecule has 2 N–H and O–H groups in total. The molecule has 0 spiro atoms. The Morgan fingerprint density at radius 1 is 1.08 bits per heavy atom. The SMILES string of the molecule is CC1CCC(c2cc(O)c(-c3cc(F)c(C=O)c(F)c3)c(O)c2)OC1. The van der Waals surface area contributed by atoms with Gasteiger partial charge in [-0.05, 0) is 54.2 Å². The van der Waals surface area contributed by atoms with Gasteiger partial charge < -0.3 is 14.9 Å². The molecule has 2 atom stereocenters. The zero-order chi connectivity index (χ0) is 18.1. The summed E-state index contributed by atoms with van der Waals surface area (Å²) in [5.74, 6) is -2.28. The molecule has 2 unspecified atom stereocenters. The van der Waals surface area contributed by atoms with Gasteiger partial charge >= 0.3 is 0 Å². The Labute approximate surface area is 143 Å². The highest BCUT2D eigenvalue weighted by Crippen LogP contribution is 2.42. The first kappa shape index (κ1) is 17.4. The molecular weight excluding hydrogens is 330 g/mol. The van der Waals surface area contributed by atoms with Crippen molar-refractivity contribution in [3.63, 3.8) is 0 Å². The average Bonchev–Trinajstić information content (AvgIpc) is 2.54. The number of hydrogen-bond donors (Lipinski definition) is 2. The van der Waals surface area contributed by atoms with Crippen LogP contribution in [0.2, 0.25) is 0 Å². The van der Waals surface area contributed by atoms with Crippen LogP contribution in [0.25, 0.3) is 11.1 Å². The summed E-state index contributed by atoms with van der Waals surface area (Å²) >= 11 is 0. The molecule has 3 rings (SSSR count). The molecule has 1 saturated heterocycles. The van der Waals surface area contributed by atoms with Gasteiger partial charge in [0.1, 0.15) is 23.1 Å². The Morgan fingerprint density at radius 2 is 1.68 bits per heavy atom. The zero-order valence-corrected chi connectivity index (χ0v) is 13.6. The molecule has 6 heteroatoms. The van der Waals surface area contributed by atoms with E-state index in [-0.39, 0.29) is 35.0 Å². The van der Waals surface area contributed by atoms with Crippen LogP contribution in [0.4, 0.5) is 8.78 Å². The Hall–Kier alpha value is -2.47. The molecule has 1 aliphatic heterocycles. The highest BCUT2D eigenvalue weighted by molar-refractivity contribution is 5.81. The van der Waals surface area contributed by atoms with Crippen LogP contribution in [0, 0.1) is 17.6 Å². The summed E-state index contributed by atoms with van der Waals surface area (Å²) in [6.45, 7) is 2.68. The van der Waals surface area contributed by atoms with Crippen LogP contribution >= 0.6 is 0 Å². The van der Waals surface area contributed by atoms with Crippen molar-refractivity contribution in [3.05, 3.63) is 47.0 Å². The average molecular weight is 348 g/mol. The van der Waals surface area contributed by atoms with Crippen LogP contribution in [-0.4, -0.2) is 23.1 Å². The first-order chi connectivity index (χ1) is 11.9. The third kappa shape index (κ3) is 3.35. The molecule has 2 aromatic rings. The number of aldehydes is 1. The predicted molar refractivity (Wildman–Crippen MR) is 87.6 cm³/mol. The fourth-order valence-electron chi connectivity index (χ4n) is 3.10. The highest BCUT2D eigenvalue weighted by atomic mass is 19.1. The maximum atomic E-state index is 13.8. The minimum Gasteiger partial charge on any atom is -0.507 e. The summed E-state index contributed by atoms with van der Waals surface area (Å²) in [6.07, 6.45) is 1.57. The van der Waals surface area contributed by atoms with E-state index in [9.17, 15) is 23.8 Å². The quantitative estimate of drug-likeness (QED) is 0.810. The standard InChI is InChI=1S/C19H18F2O4/c1-10-2-3-18(25-9-10)11-6-16(23)19(17(24)7-11)12-4-14(20)13(8-22)15(21)5-12/h4-8,10,18,23-24H,2-3,9H2,1H3. The van der Waals surface area contributed by atoms with Crippen molar-refractivity contribution in [2.24, 2.45) is 5.92 Å². The van der Waals surface area contributed by atoms with Gasteiger partial charge in [-0.15, -0.1) is 0 Å². The monoisotopic (exact) mass is 348 g/mol. The number of phenolic OH excluding ortho intramolecular Hbond substituents is 2. The third-order valence-electron chi connectivity index (χ3n) is 4.48. The van der Waals surface area contributed by atoms with Gasteiger partial charge in [-0.25, -0.2) is 8.78 Å². The van der Waals surface area contributed by atoms with E-state index in [0.717, 1.165) is 25.0 Å². The summed E-state index contributed by atoms with van der Waals surface area (Å²) in [4.78, 5) is 10.7. The minimum atomic E-state index is -1.06. The van der Waals surface area contributed by atoms with Gasteiger partial charge in [0, 0.05) is 6.61 Å². The van der Waals surface area contributed by atoms with Crippen LogP contribution in [0.5, 0.6) is 11.5 Å². The van der Waals surface area contributed by atoms with Crippen LogP contribution < -0.4 is 0 Å². The lowest BCUT2D eigenvalue weighted by Crippen LogP contribution is -2.18. The number of carbonyl (C=O) groups is 1. The first-order valence-corrected chi connectivity index (χ1v) is 8.02. The number of halogens is 2. The molecule has 0 saturated carbocycles. The number of ether oxygens (including phenoxy) is 1. The van der Waals surface area contributed by atoms with Gasteiger partial charge in [-0.2, -0.15) is 0 Å². The Bertz CT molecular complexity index is 765. The first-order valence-electron chi connectivity index (χ1n) is 8.02. The molecule has 4 nitrogen and oxygen atoms in total. The summed E-state index contributed by atoms with van der Waals surface area (Å²) in [7, 11) is 0. The molecule has 0 aliphatic carbocycles. The number of phenols is 2. The van der Waals surface area contributed by atoms with Gasteiger partial charge in [-0.1, -0.05) is 6.92 Å². The number of benzene rings is 2. The van der Waals surface area contributed by atoms with Gasteiger partial charge in [0.15, 0.2) is 6.29 Å². The number of rotatable bonds is 3. The van der Waals surface area contributed by atoms with Crippen molar-refractivity contribution >= 4 is 6.29 Å². The fraction of sp³-hybridized carbons (Fsp3) is 0.316. The molecule has 25 heavy (non-hydrogen) atoms. The van der Waals surface area contributed by atoms with Crippen LogP contribution in [-0.2, 0) is 4.74 Å². The van der Waals surface area contributed by atoms with Crippen molar-refractivity contribution in [2.45, 2.75) is 25.9 Å². The maximum absolute atomic E-state index is 13.8. The van der Waals surface area contributed by atoms with Gasteiger partial charge in [0.05, 0.1) is 17.2 Å². The van der Waals surface area contributed by atoms with E-state index in [1.807, 2.05) is 0 Å². The van der Waals surface area contributed by atoms with Crippen LogP contribution in [0.15, 0.2) is 24.3 Å². The molecule has 0 amide bonds. The molecule has 132 valence electrons. The van der Waals surface area contributed by atoms with Crippen molar-refractivity contribution in [1.29, 1.82) is 0 Å². The van der Waals surface area contributed by atoms with E-state index in [1.165, 1.54) is 12.1 Å². The smallest absolute Gasteiger partial charge is 0.155 e. The topological polar surface area (TPSA) is 66.8 Å². The normalized spacial score (nSPS) is 20.4. The zero-order valence-electron chi connectivity index (χ0n) is 13.6. The lowest BCUT2D eigenvalue weighted by Gasteiger charge is -2.27. The number of aromatic hydroxyl groups is 2. The van der Waals surface area contributed by atoms with E-state index in [4.69, 9.17) is 4.74 Å². The van der Waals surface area contributed by atoms with E-state index in [2.05, 4.69) is 6.92 Å². The Morgan fingerprint density at radius 3 is 2.16 bits per heavy atom. The molecule has 0 radical (unpaired) electrons. The Kier molecular flexibility index (Phi) is 4.72. The lowest BCUT2D eigenvalue weighted by molar-refractivity contribution is -0.0125. The van der Waals surface area contributed by atoms with E-state index in [1.54, 1.807) is 0 Å². The second kappa shape index (κ2) is 6.80. The summed E-state index contributed by atoms with van der Waals surface area (Å²) in [5.41, 5.74) is -0.233. The summed E-state index contributed by atoms with van der Waals surface area (Å²) in [6, 6.07) is 4.67. The molecule has 2 aromatic carbocycles. The molecule has 1 aliphatic rings. The fourth-order valence-corrected chi connectivity index (χ4v) is 3.10. The molecular formula is C19H18F2O4. The van der Waals surface area contributed by atoms with Crippen LogP contribution in [0.1, 0.15) is 41.8 Å². The maximum Gasteiger partial charge on any atom is 0.155 e. The predicted octanol–water partition coefficient (Wildman–Crippen LogP) is 4.34. The Balaban J connectivity index is 2.00. The van der Waals surface area contributed by atoms with E-state index in [0.29, 0.717) is 18.1 Å². The van der Waals surface area contributed by atoms with Crippen molar-refractivity contribution in [3.8, 4) is 22.6 Å². The molecule has 1 heterocycles. The van der Waals surface area contributed by atoms with Crippen molar-refractivity contribution in [1.82, 2.24) is 0 Å². The number of carbonyl (C=O) groups excluding carboxylic acids is 1. The highest BCUT2D eigenvalue weighted by Gasteiger charge is 2.23. The van der Waals surface area contributed by atoms with E-state index >= 15 is 0 Å². The van der Waals surface area contributed by atoms with Gasteiger partial charge in [0.25, 0.3) is 0 Å². The largest absolute Gasteiger partial charge is 0.507 e. The second-order valence-electron chi connectivity index (χ2n) is 6.41. The molecule has 0 aromatic heterocycles. The third-order valence-corrected chi connectivity index (χ3v) is 4.48. The number of hydrogen-bond acceptors (Lipinski definition) is 4. The molecule has 1 fully saturated rings. The lowest BCUT2D eigenvalue weighted by atomic mass is 9.93. The second-order valence-corrected chi connectivity index (χ2v) is 6.41. The summed E-state index contributed by atoms with van der Waals surface area (Å²) < 4.78 is 33.3.